The Labute approximate surface area is 132 Å². The molecule has 3 amide bonds. The zero-order chi connectivity index (χ0) is 16.7. The second kappa shape index (κ2) is 7.97. The van der Waals surface area contributed by atoms with Gasteiger partial charge in [-0.1, -0.05) is 13.3 Å². The van der Waals surface area contributed by atoms with Gasteiger partial charge in [-0.2, -0.15) is 4.80 Å². The maximum atomic E-state index is 12.9. The second-order valence-electron chi connectivity index (χ2n) is 4.81. The first-order valence-electron chi connectivity index (χ1n) is 7.20. The lowest BCUT2D eigenvalue weighted by molar-refractivity contribution is -0.121. The number of unbranched alkanes of at least 4 members (excludes halogenated alkanes) is 1. The molecule has 0 aliphatic carbocycles. The minimum absolute atomic E-state index is 0.241. The molecule has 0 radical (unpaired) electrons. The van der Waals surface area contributed by atoms with E-state index in [4.69, 9.17) is 0 Å². The molecule has 2 aromatic rings. The molecule has 2 N–H and O–H groups in total. The lowest BCUT2D eigenvalue weighted by atomic mass is 10.2. The van der Waals surface area contributed by atoms with Gasteiger partial charge < -0.3 is 5.32 Å². The van der Waals surface area contributed by atoms with Crippen LogP contribution in [0.15, 0.2) is 24.3 Å². The number of hydrogen-bond donors (Lipinski definition) is 2. The molecule has 0 aliphatic heterocycles. The molecule has 0 atom stereocenters. The zero-order valence-corrected chi connectivity index (χ0v) is 12.6. The van der Waals surface area contributed by atoms with Crippen LogP contribution >= 0.6 is 0 Å². The van der Waals surface area contributed by atoms with E-state index in [0.717, 1.165) is 17.6 Å². The summed E-state index contributed by atoms with van der Waals surface area (Å²) in [7, 11) is 0. The molecule has 0 saturated heterocycles. The second-order valence-corrected chi connectivity index (χ2v) is 4.81. The van der Waals surface area contributed by atoms with Crippen LogP contribution in [0.3, 0.4) is 0 Å². The minimum Gasteiger partial charge on any atom is -0.338 e. The molecule has 0 bridgehead atoms. The van der Waals surface area contributed by atoms with Crippen molar-refractivity contribution in [2.24, 2.45) is 0 Å². The van der Waals surface area contributed by atoms with E-state index < -0.39 is 11.9 Å². The van der Waals surface area contributed by atoms with Crippen molar-refractivity contribution in [3.63, 3.8) is 0 Å². The van der Waals surface area contributed by atoms with Crippen molar-refractivity contribution in [2.45, 2.75) is 26.3 Å². The number of urea groups is 1. The van der Waals surface area contributed by atoms with Crippen LogP contribution in [0.1, 0.15) is 19.8 Å². The predicted molar refractivity (Wildman–Crippen MR) is 79.7 cm³/mol. The highest BCUT2D eigenvalue weighted by Crippen LogP contribution is 2.13. The van der Waals surface area contributed by atoms with Crippen LogP contribution in [0.25, 0.3) is 11.4 Å². The Bertz CT molecular complexity index is 670. The number of amides is 3. The molecule has 0 unspecified atom stereocenters. The minimum atomic E-state index is -0.554. The quantitative estimate of drug-likeness (QED) is 0.776. The summed E-state index contributed by atoms with van der Waals surface area (Å²) in [4.78, 5) is 24.2. The fraction of sp³-hybridized carbons (Fsp3) is 0.357. The number of nitrogens with one attached hydrogen (secondary N) is 2. The summed E-state index contributed by atoms with van der Waals surface area (Å²) >= 11 is 0. The number of rotatable bonds is 6. The van der Waals surface area contributed by atoms with E-state index in [-0.39, 0.29) is 18.2 Å². The molecule has 122 valence electrons. The van der Waals surface area contributed by atoms with E-state index in [1.807, 2.05) is 6.92 Å². The summed E-state index contributed by atoms with van der Waals surface area (Å²) in [5.41, 5.74) is 0.579. The molecule has 2 rings (SSSR count). The third-order valence-corrected chi connectivity index (χ3v) is 2.91. The molecular weight excluding hydrogens is 303 g/mol. The highest BCUT2D eigenvalue weighted by Gasteiger charge is 2.11. The maximum Gasteiger partial charge on any atom is 0.321 e. The Morgan fingerprint density at radius 3 is 2.70 bits per heavy atom. The van der Waals surface area contributed by atoms with Crippen molar-refractivity contribution in [3.8, 4) is 11.4 Å². The largest absolute Gasteiger partial charge is 0.338 e. The molecule has 1 aromatic carbocycles. The maximum absolute atomic E-state index is 12.9. The Hall–Kier alpha value is -2.84. The van der Waals surface area contributed by atoms with Crippen molar-refractivity contribution in [3.05, 3.63) is 30.1 Å². The van der Waals surface area contributed by atoms with E-state index >= 15 is 0 Å². The van der Waals surface area contributed by atoms with Gasteiger partial charge in [-0.25, -0.2) is 9.18 Å². The molecule has 8 nitrogen and oxygen atoms in total. The Morgan fingerprint density at radius 1 is 1.26 bits per heavy atom. The van der Waals surface area contributed by atoms with Gasteiger partial charge in [0, 0.05) is 12.1 Å². The summed E-state index contributed by atoms with van der Waals surface area (Å²) in [6, 6.07) is 5.03. The highest BCUT2D eigenvalue weighted by molar-refractivity contribution is 5.94. The van der Waals surface area contributed by atoms with Crippen LogP contribution in [0.2, 0.25) is 0 Å². The van der Waals surface area contributed by atoms with Gasteiger partial charge in [0.1, 0.15) is 12.4 Å². The Morgan fingerprint density at radius 2 is 2.00 bits per heavy atom. The summed E-state index contributed by atoms with van der Waals surface area (Å²) in [6.45, 7) is 2.27. The van der Waals surface area contributed by atoms with E-state index in [2.05, 4.69) is 26.0 Å². The highest BCUT2D eigenvalue weighted by atomic mass is 19.1. The number of halogens is 1. The van der Waals surface area contributed by atoms with Crippen molar-refractivity contribution in [1.82, 2.24) is 30.8 Å². The molecule has 9 heteroatoms. The average molecular weight is 320 g/mol. The summed E-state index contributed by atoms with van der Waals surface area (Å²) in [5, 5.41) is 16.3. The first-order chi connectivity index (χ1) is 11.1. The molecule has 0 aliphatic rings. The number of carbonyl (C=O) groups is 2. The van der Waals surface area contributed by atoms with Gasteiger partial charge in [-0.15, -0.1) is 10.2 Å². The van der Waals surface area contributed by atoms with Crippen LogP contribution in [0.4, 0.5) is 9.18 Å². The lowest BCUT2D eigenvalue weighted by Crippen LogP contribution is -2.41. The molecule has 23 heavy (non-hydrogen) atoms. The normalized spacial score (nSPS) is 10.3. The number of aromatic nitrogens is 4. The van der Waals surface area contributed by atoms with Crippen molar-refractivity contribution in [1.29, 1.82) is 0 Å². The van der Waals surface area contributed by atoms with Gasteiger partial charge in [0.25, 0.3) is 5.91 Å². The smallest absolute Gasteiger partial charge is 0.321 e. The monoisotopic (exact) mass is 320 g/mol. The van der Waals surface area contributed by atoms with E-state index in [0.29, 0.717) is 12.1 Å². The van der Waals surface area contributed by atoms with Crippen molar-refractivity contribution in [2.75, 3.05) is 6.54 Å². The molecule has 0 saturated carbocycles. The fourth-order valence-corrected chi connectivity index (χ4v) is 1.74. The SMILES string of the molecule is CCCCNC(=O)NC(=O)Cn1nnc(-c2ccc(F)cc2)n1. The first kappa shape index (κ1) is 16.5. The third-order valence-electron chi connectivity index (χ3n) is 2.91. The van der Waals surface area contributed by atoms with Gasteiger partial charge >= 0.3 is 6.03 Å². The summed E-state index contributed by atoms with van der Waals surface area (Å²) in [6.07, 6.45) is 1.79. The van der Waals surface area contributed by atoms with Gasteiger partial charge in [0.15, 0.2) is 0 Å². The van der Waals surface area contributed by atoms with Crippen LogP contribution in [0, 0.1) is 5.82 Å². The third kappa shape index (κ3) is 5.13. The molecule has 1 aromatic heterocycles. The number of tetrazole rings is 1. The zero-order valence-electron chi connectivity index (χ0n) is 12.6. The van der Waals surface area contributed by atoms with Gasteiger partial charge in [0.05, 0.1) is 0 Å². The number of hydrogen-bond acceptors (Lipinski definition) is 5. The Balaban J connectivity index is 1.87. The number of benzene rings is 1. The topological polar surface area (TPSA) is 102 Å². The van der Waals surface area contributed by atoms with Crippen LogP contribution in [-0.4, -0.2) is 38.7 Å². The van der Waals surface area contributed by atoms with Crippen LogP contribution < -0.4 is 10.6 Å². The summed E-state index contributed by atoms with van der Waals surface area (Å²) < 4.78 is 12.9. The van der Waals surface area contributed by atoms with E-state index in [1.165, 1.54) is 24.3 Å². The van der Waals surface area contributed by atoms with E-state index in [9.17, 15) is 14.0 Å². The summed E-state index contributed by atoms with van der Waals surface area (Å²) in [5.74, 6) is -0.651. The number of carbonyl (C=O) groups excluding carboxylic acids is 2. The lowest BCUT2D eigenvalue weighted by Gasteiger charge is -2.05. The number of nitrogens with zero attached hydrogens (tertiary/aromatic N) is 4. The van der Waals surface area contributed by atoms with Gasteiger partial charge in [-0.3, -0.25) is 10.1 Å². The van der Waals surface area contributed by atoms with Crippen LogP contribution in [-0.2, 0) is 11.3 Å². The Kier molecular flexibility index (Phi) is 5.73. The van der Waals surface area contributed by atoms with Crippen LogP contribution in [0.5, 0.6) is 0 Å². The average Bonchev–Trinajstić information content (AvgIpc) is 2.96. The molecule has 1 heterocycles. The van der Waals surface area contributed by atoms with Gasteiger partial charge in [0.2, 0.25) is 5.82 Å². The van der Waals surface area contributed by atoms with Crippen molar-refractivity contribution >= 4 is 11.9 Å². The van der Waals surface area contributed by atoms with E-state index in [1.54, 1.807) is 0 Å². The first-order valence-corrected chi connectivity index (χ1v) is 7.20. The predicted octanol–water partition coefficient (Wildman–Crippen LogP) is 1.11. The van der Waals surface area contributed by atoms with Crippen molar-refractivity contribution < 1.29 is 14.0 Å². The number of imide groups is 1. The molecule has 0 fully saturated rings. The fourth-order valence-electron chi connectivity index (χ4n) is 1.74. The molecule has 0 spiro atoms. The molecular formula is C14H17FN6O2. The standard InChI is InChI=1S/C14H17FN6O2/c1-2-3-8-16-14(23)17-12(22)9-21-19-13(18-20-21)10-4-6-11(15)7-5-10/h4-7H,2-3,8-9H2,1H3,(H2,16,17,22,23). The van der Waals surface area contributed by atoms with Gasteiger partial charge in [-0.05, 0) is 35.9 Å².